The molecule has 0 saturated carbocycles. The molecule has 1 aliphatic carbocycles. The lowest BCUT2D eigenvalue weighted by Crippen LogP contribution is -2.26. The van der Waals surface area contributed by atoms with E-state index in [2.05, 4.69) is 140 Å². The number of nitrogens with zero attached hydrogens (tertiary/aromatic N) is 6. The molecule has 46 heavy (non-hydrogen) atoms. The fraction of sp³-hybridized carbons (Fsp3) is 0.282. The largest absolute Gasteiger partial charge is 0.347 e. The van der Waals surface area contributed by atoms with Gasteiger partial charge in [-0.25, -0.2) is 0 Å². The van der Waals surface area contributed by atoms with Gasteiger partial charge in [0.2, 0.25) is 10.8 Å². The van der Waals surface area contributed by atoms with Gasteiger partial charge in [-0.05, 0) is 96.3 Å². The van der Waals surface area contributed by atoms with E-state index in [1.807, 2.05) is 35.0 Å². The first-order valence-corrected chi connectivity index (χ1v) is 16.9. The summed E-state index contributed by atoms with van der Waals surface area (Å²) in [5.74, 6) is 0. The highest BCUT2D eigenvalue weighted by molar-refractivity contribution is 8.03. The zero-order valence-corrected chi connectivity index (χ0v) is 28.3. The SMILES string of the molecule is CN1/C(=C/C=C2\CCCC(/C=C/C3=[N+](C)c4ccccc4C3(C)C)=C2Sc2nnnn2-c2ccccc2)C(C)(C)c2ccccc21. The number of benzene rings is 3. The number of hydrogen-bond donors (Lipinski definition) is 0. The maximum Gasteiger partial charge on any atom is 0.218 e. The summed E-state index contributed by atoms with van der Waals surface area (Å²) in [6.45, 7) is 9.29. The summed E-state index contributed by atoms with van der Waals surface area (Å²) in [5.41, 5.74) is 11.3. The van der Waals surface area contributed by atoms with Gasteiger partial charge in [0, 0.05) is 46.5 Å². The van der Waals surface area contributed by atoms with Crippen molar-refractivity contribution >= 4 is 28.8 Å². The third-order valence-corrected chi connectivity index (χ3v) is 11.0. The lowest BCUT2D eigenvalue weighted by atomic mass is 9.81. The van der Waals surface area contributed by atoms with Crippen LogP contribution < -0.4 is 4.90 Å². The molecule has 4 aromatic rings. The van der Waals surface area contributed by atoms with Gasteiger partial charge in [-0.3, -0.25) is 0 Å². The minimum Gasteiger partial charge on any atom is -0.347 e. The van der Waals surface area contributed by atoms with Crippen molar-refractivity contribution in [3.05, 3.63) is 136 Å². The van der Waals surface area contributed by atoms with E-state index in [4.69, 9.17) is 0 Å². The molecular formula is C39H41N6S+. The summed E-state index contributed by atoms with van der Waals surface area (Å²) < 4.78 is 4.18. The molecule has 3 aliphatic rings. The van der Waals surface area contributed by atoms with Gasteiger partial charge in [0.05, 0.1) is 11.1 Å². The lowest BCUT2D eigenvalue weighted by Gasteiger charge is -2.25. The molecule has 3 heterocycles. The van der Waals surface area contributed by atoms with E-state index in [9.17, 15) is 0 Å². The molecule has 6 nitrogen and oxygen atoms in total. The second-order valence-corrected chi connectivity index (χ2v) is 14.4. The summed E-state index contributed by atoms with van der Waals surface area (Å²) in [5, 5.41) is 13.7. The number of aromatic nitrogens is 4. The zero-order chi connectivity index (χ0) is 32.1. The van der Waals surface area contributed by atoms with Crippen LogP contribution in [-0.2, 0) is 10.8 Å². The predicted octanol–water partition coefficient (Wildman–Crippen LogP) is 8.69. The number of rotatable bonds is 6. The third kappa shape index (κ3) is 5.07. The zero-order valence-electron chi connectivity index (χ0n) is 27.5. The maximum absolute atomic E-state index is 4.50. The molecule has 232 valence electrons. The quantitative estimate of drug-likeness (QED) is 0.201. The van der Waals surface area contributed by atoms with Crippen molar-refractivity contribution in [1.82, 2.24) is 20.2 Å². The van der Waals surface area contributed by atoms with Crippen LogP contribution in [0, 0.1) is 0 Å². The molecule has 0 unspecified atom stereocenters. The second-order valence-electron chi connectivity index (χ2n) is 13.4. The first kappa shape index (κ1) is 30.2. The number of tetrazole rings is 1. The molecule has 0 spiro atoms. The molecule has 0 fully saturated rings. The van der Waals surface area contributed by atoms with Gasteiger partial charge in [0.15, 0.2) is 5.71 Å². The Balaban J connectivity index is 1.32. The normalized spacial score (nSPS) is 20.3. The average Bonchev–Trinajstić information content (AvgIpc) is 3.66. The first-order valence-electron chi connectivity index (χ1n) is 16.1. The highest BCUT2D eigenvalue weighted by Crippen LogP contribution is 2.47. The van der Waals surface area contributed by atoms with E-state index in [-0.39, 0.29) is 10.8 Å². The van der Waals surface area contributed by atoms with Crippen molar-refractivity contribution in [2.45, 2.75) is 62.9 Å². The van der Waals surface area contributed by atoms with Gasteiger partial charge in [-0.15, -0.1) is 5.10 Å². The van der Waals surface area contributed by atoms with Gasteiger partial charge in [-0.1, -0.05) is 80.6 Å². The first-order chi connectivity index (χ1) is 22.2. The van der Waals surface area contributed by atoms with Gasteiger partial charge < -0.3 is 4.90 Å². The Bertz CT molecular complexity index is 1970. The summed E-state index contributed by atoms with van der Waals surface area (Å²) >= 11 is 1.67. The summed E-state index contributed by atoms with van der Waals surface area (Å²) in [7, 11) is 4.36. The minimum atomic E-state index is -0.0848. The molecule has 3 aromatic carbocycles. The van der Waals surface area contributed by atoms with Crippen molar-refractivity contribution in [1.29, 1.82) is 0 Å². The third-order valence-electron chi connectivity index (χ3n) is 9.88. The number of anilines is 1. The molecule has 0 bridgehead atoms. The molecular weight excluding hydrogens is 585 g/mol. The Hall–Kier alpha value is -4.49. The highest BCUT2D eigenvalue weighted by atomic mass is 32.2. The van der Waals surface area contributed by atoms with Crippen LogP contribution in [0.5, 0.6) is 0 Å². The van der Waals surface area contributed by atoms with Gasteiger partial charge in [-0.2, -0.15) is 9.26 Å². The van der Waals surface area contributed by atoms with E-state index in [1.54, 1.807) is 11.8 Å². The molecule has 0 saturated heterocycles. The fourth-order valence-corrected chi connectivity index (χ4v) is 8.47. The molecule has 1 aromatic heterocycles. The topological polar surface area (TPSA) is 49.9 Å². The number of likely N-dealkylation sites (N-methyl/N-ethyl adjacent to an activating group) is 1. The van der Waals surface area contributed by atoms with E-state index in [0.29, 0.717) is 0 Å². The number of allylic oxidation sites excluding steroid dienone is 7. The van der Waals surface area contributed by atoms with E-state index < -0.39 is 0 Å². The van der Waals surface area contributed by atoms with E-state index in [1.165, 1.54) is 50.0 Å². The van der Waals surface area contributed by atoms with Crippen LogP contribution in [0.15, 0.2) is 130 Å². The summed E-state index contributed by atoms with van der Waals surface area (Å²) in [6.07, 6.45) is 12.5. The Morgan fingerprint density at radius 3 is 2.28 bits per heavy atom. The highest BCUT2D eigenvalue weighted by Gasteiger charge is 2.42. The van der Waals surface area contributed by atoms with Crippen LogP contribution in [0.4, 0.5) is 11.4 Å². The predicted molar refractivity (Wildman–Crippen MR) is 189 cm³/mol. The van der Waals surface area contributed by atoms with Crippen molar-refractivity contribution < 1.29 is 4.58 Å². The van der Waals surface area contributed by atoms with Gasteiger partial charge >= 0.3 is 0 Å². The van der Waals surface area contributed by atoms with Gasteiger partial charge in [0.1, 0.15) is 7.05 Å². The summed E-state index contributed by atoms with van der Waals surface area (Å²) in [4.78, 5) is 3.58. The molecule has 7 heteroatoms. The second kappa shape index (κ2) is 11.7. The maximum atomic E-state index is 4.50. The van der Waals surface area contributed by atoms with E-state index in [0.717, 1.165) is 30.1 Å². The summed E-state index contributed by atoms with van der Waals surface area (Å²) in [6, 6.07) is 27.6. The van der Waals surface area contributed by atoms with Crippen LogP contribution in [-0.4, -0.2) is 44.6 Å². The molecule has 2 aliphatic heterocycles. The van der Waals surface area contributed by atoms with Crippen molar-refractivity contribution in [3.8, 4) is 5.69 Å². The van der Waals surface area contributed by atoms with Crippen LogP contribution in [0.25, 0.3) is 5.69 Å². The number of thioether (sulfide) groups is 1. The molecule has 0 N–H and O–H groups in total. The van der Waals surface area contributed by atoms with Crippen LogP contribution in [0.3, 0.4) is 0 Å². The molecule has 0 atom stereocenters. The average molecular weight is 626 g/mol. The monoisotopic (exact) mass is 625 g/mol. The lowest BCUT2D eigenvalue weighted by molar-refractivity contribution is -0.401. The Kier molecular flexibility index (Phi) is 7.68. The van der Waals surface area contributed by atoms with Gasteiger partial charge in [0.25, 0.3) is 0 Å². The van der Waals surface area contributed by atoms with Crippen LogP contribution in [0.1, 0.15) is 58.1 Å². The van der Waals surface area contributed by atoms with Crippen LogP contribution in [0.2, 0.25) is 0 Å². The smallest absolute Gasteiger partial charge is 0.218 e. The minimum absolute atomic E-state index is 0.0848. The Morgan fingerprint density at radius 1 is 0.804 bits per heavy atom. The molecule has 0 amide bonds. The Labute approximate surface area is 276 Å². The number of fused-ring (bicyclic) bond motifs is 2. The number of para-hydroxylation sites is 3. The number of hydrogen-bond acceptors (Lipinski definition) is 5. The van der Waals surface area contributed by atoms with Crippen molar-refractivity contribution in [2.75, 3.05) is 19.0 Å². The van der Waals surface area contributed by atoms with Crippen LogP contribution >= 0.6 is 11.8 Å². The Morgan fingerprint density at radius 2 is 1.52 bits per heavy atom. The standard InChI is InChI=1S/C39H41N6S/c1-38(2)30-19-10-12-21-32(30)43(5)34(38)25-23-27-15-14-16-28(24-26-35-39(3,4)31-20-11-13-22-33(31)44(35)6)36(27)46-37-40-41-42-45(37)29-17-8-7-9-18-29/h7-13,17-26H,14-16H2,1-6H3/q+1. The van der Waals surface area contributed by atoms with E-state index >= 15 is 0 Å². The van der Waals surface area contributed by atoms with Crippen molar-refractivity contribution in [3.63, 3.8) is 0 Å². The molecule has 7 rings (SSSR count). The van der Waals surface area contributed by atoms with Crippen molar-refractivity contribution in [2.24, 2.45) is 0 Å². The fourth-order valence-electron chi connectivity index (χ4n) is 7.38. The molecule has 0 radical (unpaired) electrons.